The van der Waals surface area contributed by atoms with E-state index in [2.05, 4.69) is 6.92 Å². The number of hydrogen-bond donors (Lipinski definition) is 2. The lowest BCUT2D eigenvalue weighted by molar-refractivity contribution is 0.372. The number of aryl methyl sites for hydroxylation is 2. The Balaban J connectivity index is 3.11. The predicted octanol–water partition coefficient (Wildman–Crippen LogP) is 2.46. The minimum absolute atomic E-state index is 0.598. The Morgan fingerprint density at radius 2 is 1.93 bits per heavy atom. The molecule has 3 nitrogen and oxygen atoms in total. The zero-order valence-corrected chi connectivity index (χ0v) is 9.51. The normalized spacial score (nSPS) is 10.7. The highest BCUT2D eigenvalue weighted by atomic mass is 31.2. The minimum Gasteiger partial charge on any atom is -0.426 e. The van der Waals surface area contributed by atoms with E-state index >= 15 is 0 Å². The third-order valence-corrected chi connectivity index (χ3v) is 2.61. The molecule has 0 spiro atoms. The SMILES string of the molecule is CCc1ccc(C)c(OP(O)O)c1C. The second kappa shape index (κ2) is 4.74. The Kier molecular flexibility index (Phi) is 3.87. The van der Waals surface area contributed by atoms with Gasteiger partial charge in [0.2, 0.25) is 0 Å². The highest BCUT2D eigenvalue weighted by Crippen LogP contribution is 2.35. The maximum atomic E-state index is 8.82. The molecular formula is C10H15O3P. The van der Waals surface area contributed by atoms with Gasteiger partial charge in [-0.3, -0.25) is 0 Å². The molecule has 0 aliphatic carbocycles. The lowest BCUT2D eigenvalue weighted by Gasteiger charge is -2.14. The van der Waals surface area contributed by atoms with Crippen LogP contribution in [0.2, 0.25) is 0 Å². The van der Waals surface area contributed by atoms with Crippen LogP contribution in [0.1, 0.15) is 23.6 Å². The maximum Gasteiger partial charge on any atom is 0.391 e. The van der Waals surface area contributed by atoms with E-state index in [1.54, 1.807) is 0 Å². The van der Waals surface area contributed by atoms with Crippen LogP contribution in [0.25, 0.3) is 0 Å². The van der Waals surface area contributed by atoms with Gasteiger partial charge in [0.25, 0.3) is 0 Å². The van der Waals surface area contributed by atoms with Crippen LogP contribution in [0.4, 0.5) is 0 Å². The summed E-state index contributed by atoms with van der Waals surface area (Å²) in [6.45, 7) is 5.88. The van der Waals surface area contributed by atoms with Gasteiger partial charge in [-0.1, -0.05) is 19.1 Å². The molecule has 2 N–H and O–H groups in total. The van der Waals surface area contributed by atoms with Gasteiger partial charge in [-0.25, -0.2) is 0 Å². The summed E-state index contributed by atoms with van der Waals surface area (Å²) in [5.74, 6) is 0.598. The standard InChI is InChI=1S/C10H15O3P/c1-4-9-6-5-7(2)10(8(9)3)13-14(11)12/h5-6,11-12H,4H2,1-3H3. The second-order valence-electron chi connectivity index (χ2n) is 3.19. The third-order valence-electron chi connectivity index (χ3n) is 2.27. The van der Waals surface area contributed by atoms with E-state index in [1.165, 1.54) is 5.56 Å². The molecule has 0 amide bonds. The molecule has 0 fully saturated rings. The number of hydrogen-bond acceptors (Lipinski definition) is 3. The summed E-state index contributed by atoms with van der Waals surface area (Å²) in [6, 6.07) is 3.97. The molecule has 4 heteroatoms. The van der Waals surface area contributed by atoms with E-state index in [0.717, 1.165) is 17.5 Å². The molecule has 78 valence electrons. The van der Waals surface area contributed by atoms with Gasteiger partial charge < -0.3 is 14.3 Å². The van der Waals surface area contributed by atoms with Crippen molar-refractivity contribution in [1.29, 1.82) is 0 Å². The smallest absolute Gasteiger partial charge is 0.391 e. The Morgan fingerprint density at radius 3 is 2.43 bits per heavy atom. The fraction of sp³-hybridized carbons (Fsp3) is 0.400. The largest absolute Gasteiger partial charge is 0.426 e. The molecule has 0 bridgehead atoms. The van der Waals surface area contributed by atoms with Gasteiger partial charge in [-0.2, -0.15) is 0 Å². The molecule has 0 unspecified atom stereocenters. The van der Waals surface area contributed by atoms with E-state index in [1.807, 2.05) is 26.0 Å². The molecule has 0 saturated heterocycles. The van der Waals surface area contributed by atoms with Gasteiger partial charge >= 0.3 is 8.60 Å². The summed E-state index contributed by atoms with van der Waals surface area (Å²) < 4.78 is 4.99. The molecule has 1 rings (SSSR count). The Morgan fingerprint density at radius 1 is 1.29 bits per heavy atom. The molecule has 1 aromatic rings. The van der Waals surface area contributed by atoms with Crippen LogP contribution in [0.15, 0.2) is 12.1 Å². The van der Waals surface area contributed by atoms with Gasteiger partial charge in [0.1, 0.15) is 5.75 Å². The van der Waals surface area contributed by atoms with E-state index in [0.29, 0.717) is 5.75 Å². The monoisotopic (exact) mass is 214 g/mol. The molecule has 0 aromatic heterocycles. The highest BCUT2D eigenvalue weighted by molar-refractivity contribution is 7.39. The summed E-state index contributed by atoms with van der Waals surface area (Å²) in [6.07, 6.45) is 0.914. The fourth-order valence-electron chi connectivity index (χ4n) is 1.47. The van der Waals surface area contributed by atoms with Crippen LogP contribution in [0.5, 0.6) is 5.75 Å². The molecule has 14 heavy (non-hydrogen) atoms. The van der Waals surface area contributed by atoms with Gasteiger partial charge in [0.15, 0.2) is 0 Å². The van der Waals surface area contributed by atoms with Crippen molar-refractivity contribution in [2.45, 2.75) is 27.2 Å². The minimum atomic E-state index is -2.33. The van der Waals surface area contributed by atoms with Crippen LogP contribution in [0.3, 0.4) is 0 Å². The van der Waals surface area contributed by atoms with Crippen LogP contribution < -0.4 is 4.52 Å². The molecule has 0 heterocycles. The Hall–Kier alpha value is -0.630. The zero-order valence-electron chi connectivity index (χ0n) is 8.61. The molecule has 0 aliphatic rings. The van der Waals surface area contributed by atoms with Crippen molar-refractivity contribution in [1.82, 2.24) is 0 Å². The molecule has 0 saturated carbocycles. The predicted molar refractivity (Wildman–Crippen MR) is 57.3 cm³/mol. The van der Waals surface area contributed by atoms with Crippen molar-refractivity contribution in [2.75, 3.05) is 0 Å². The lowest BCUT2D eigenvalue weighted by Crippen LogP contribution is -1.95. The van der Waals surface area contributed by atoms with E-state index in [4.69, 9.17) is 14.3 Å². The zero-order chi connectivity index (χ0) is 10.7. The second-order valence-corrected chi connectivity index (χ2v) is 3.88. The summed E-state index contributed by atoms with van der Waals surface area (Å²) in [5.41, 5.74) is 3.08. The average molecular weight is 214 g/mol. The molecular weight excluding hydrogens is 199 g/mol. The topological polar surface area (TPSA) is 49.7 Å². The lowest BCUT2D eigenvalue weighted by atomic mass is 10.0. The van der Waals surface area contributed by atoms with Crippen LogP contribution >= 0.6 is 8.60 Å². The van der Waals surface area contributed by atoms with Gasteiger partial charge in [0.05, 0.1) is 0 Å². The van der Waals surface area contributed by atoms with Crippen molar-refractivity contribution < 1.29 is 14.3 Å². The summed E-state index contributed by atoms with van der Waals surface area (Å²) >= 11 is 0. The van der Waals surface area contributed by atoms with Crippen molar-refractivity contribution in [3.8, 4) is 5.75 Å². The first-order valence-corrected chi connectivity index (χ1v) is 5.67. The van der Waals surface area contributed by atoms with Crippen molar-refractivity contribution in [3.63, 3.8) is 0 Å². The molecule has 0 atom stereocenters. The third kappa shape index (κ3) is 2.44. The van der Waals surface area contributed by atoms with E-state index < -0.39 is 8.60 Å². The fourth-order valence-corrected chi connectivity index (χ4v) is 1.92. The number of benzene rings is 1. The number of rotatable bonds is 3. The Labute approximate surface area is 85.4 Å². The van der Waals surface area contributed by atoms with Crippen LogP contribution in [-0.2, 0) is 6.42 Å². The van der Waals surface area contributed by atoms with E-state index in [9.17, 15) is 0 Å². The average Bonchev–Trinajstić information content (AvgIpc) is 2.12. The van der Waals surface area contributed by atoms with Crippen LogP contribution in [0, 0.1) is 13.8 Å². The molecule has 0 radical (unpaired) electrons. The first-order valence-electron chi connectivity index (χ1n) is 4.51. The first kappa shape index (κ1) is 11.4. The molecule has 0 aliphatic heterocycles. The van der Waals surface area contributed by atoms with Crippen molar-refractivity contribution >= 4 is 8.60 Å². The maximum absolute atomic E-state index is 8.82. The van der Waals surface area contributed by atoms with Gasteiger partial charge in [0, 0.05) is 0 Å². The van der Waals surface area contributed by atoms with Gasteiger partial charge in [-0.05, 0) is 37.0 Å². The molecule has 1 aromatic carbocycles. The summed E-state index contributed by atoms with van der Waals surface area (Å²) in [4.78, 5) is 17.6. The first-order chi connectivity index (χ1) is 6.56. The van der Waals surface area contributed by atoms with Crippen molar-refractivity contribution in [3.05, 3.63) is 28.8 Å². The van der Waals surface area contributed by atoms with Crippen molar-refractivity contribution in [2.24, 2.45) is 0 Å². The quantitative estimate of drug-likeness (QED) is 0.760. The highest BCUT2D eigenvalue weighted by Gasteiger charge is 2.11. The summed E-state index contributed by atoms with van der Waals surface area (Å²) in [5, 5.41) is 0. The van der Waals surface area contributed by atoms with Crippen LogP contribution in [-0.4, -0.2) is 9.79 Å². The summed E-state index contributed by atoms with van der Waals surface area (Å²) in [7, 11) is -2.33. The van der Waals surface area contributed by atoms with Gasteiger partial charge in [-0.15, -0.1) is 0 Å². The van der Waals surface area contributed by atoms with E-state index in [-0.39, 0.29) is 0 Å². The Bertz CT molecular complexity index is 323.